The van der Waals surface area contributed by atoms with Gasteiger partial charge in [0.25, 0.3) is 0 Å². The summed E-state index contributed by atoms with van der Waals surface area (Å²) >= 11 is 0. The molecule has 198 valence electrons. The summed E-state index contributed by atoms with van der Waals surface area (Å²) in [7, 11) is 0. The number of anilines is 3. The summed E-state index contributed by atoms with van der Waals surface area (Å²) in [5.74, 6) is 0. The lowest BCUT2D eigenvalue weighted by Crippen LogP contribution is -2.11. The first kappa shape index (κ1) is 24.2. The number of para-hydroxylation sites is 3. The molecule has 0 spiro atoms. The summed E-state index contributed by atoms with van der Waals surface area (Å²) in [6.45, 7) is 0. The predicted molar refractivity (Wildman–Crippen MR) is 177 cm³/mol. The topological polar surface area (TPSA) is 16.4 Å². The van der Waals surface area contributed by atoms with E-state index in [0.29, 0.717) is 0 Å². The zero-order valence-electron chi connectivity index (χ0n) is 22.9. The second-order valence-corrected chi connectivity index (χ2v) is 10.6. The molecule has 0 aliphatic rings. The number of hydrogen-bond donors (Lipinski definition) is 0. The number of nitrogens with zero attached hydrogens (tertiary/aromatic N) is 1. The molecule has 0 amide bonds. The van der Waals surface area contributed by atoms with Gasteiger partial charge >= 0.3 is 0 Å². The monoisotopic (exact) mass is 537 g/mol. The zero-order valence-corrected chi connectivity index (χ0v) is 22.9. The third-order valence-corrected chi connectivity index (χ3v) is 8.06. The summed E-state index contributed by atoms with van der Waals surface area (Å²) in [5.41, 5.74) is 9.76. The summed E-state index contributed by atoms with van der Waals surface area (Å²) < 4.78 is 6.35. The van der Waals surface area contributed by atoms with Crippen LogP contribution >= 0.6 is 0 Å². The molecule has 8 rings (SSSR count). The van der Waals surface area contributed by atoms with Gasteiger partial charge in [-0.2, -0.15) is 0 Å². The lowest BCUT2D eigenvalue weighted by molar-refractivity contribution is 0.670. The molecule has 0 atom stereocenters. The quantitative estimate of drug-likeness (QED) is 0.217. The van der Waals surface area contributed by atoms with E-state index in [1.54, 1.807) is 0 Å². The van der Waals surface area contributed by atoms with Crippen LogP contribution < -0.4 is 4.90 Å². The van der Waals surface area contributed by atoms with Crippen molar-refractivity contribution in [2.24, 2.45) is 0 Å². The van der Waals surface area contributed by atoms with E-state index in [0.717, 1.165) is 50.1 Å². The number of rotatable bonds is 5. The molecule has 0 saturated carbocycles. The lowest BCUT2D eigenvalue weighted by Gasteiger charge is -2.28. The number of benzene rings is 7. The van der Waals surface area contributed by atoms with Crippen LogP contribution in [0, 0.1) is 0 Å². The van der Waals surface area contributed by atoms with Gasteiger partial charge in [-0.25, -0.2) is 0 Å². The first-order chi connectivity index (χ1) is 20.8. The van der Waals surface area contributed by atoms with Gasteiger partial charge in [0.05, 0.1) is 5.69 Å². The highest BCUT2D eigenvalue weighted by Gasteiger charge is 2.18. The molecule has 0 unspecified atom stereocenters. The zero-order chi connectivity index (χ0) is 27.9. The largest absolute Gasteiger partial charge is 0.455 e. The molecule has 0 N–H and O–H groups in total. The van der Waals surface area contributed by atoms with Crippen molar-refractivity contribution in [3.8, 4) is 22.3 Å². The fraction of sp³-hybridized carbons (Fsp3) is 0. The molecule has 7 aromatic carbocycles. The summed E-state index contributed by atoms with van der Waals surface area (Å²) in [6.07, 6.45) is 0. The minimum absolute atomic E-state index is 0.913. The molecule has 8 aromatic rings. The molecule has 0 radical (unpaired) electrons. The van der Waals surface area contributed by atoms with Gasteiger partial charge in [0, 0.05) is 33.3 Å². The molecule has 2 nitrogen and oxygen atoms in total. The normalized spacial score (nSPS) is 11.3. The number of fused-ring (bicyclic) bond motifs is 4. The van der Waals surface area contributed by atoms with Crippen LogP contribution in [0.4, 0.5) is 17.1 Å². The van der Waals surface area contributed by atoms with Crippen molar-refractivity contribution in [2.75, 3.05) is 4.90 Å². The van der Waals surface area contributed by atoms with E-state index in [9.17, 15) is 0 Å². The molecule has 0 saturated heterocycles. The third-order valence-electron chi connectivity index (χ3n) is 8.06. The maximum Gasteiger partial charge on any atom is 0.143 e. The van der Waals surface area contributed by atoms with Crippen molar-refractivity contribution in [2.45, 2.75) is 0 Å². The predicted octanol–water partition coefficient (Wildman–Crippen LogP) is 11.5. The Bertz CT molecular complexity index is 2190. The fourth-order valence-corrected chi connectivity index (χ4v) is 6.04. The Morgan fingerprint density at radius 3 is 1.93 bits per heavy atom. The summed E-state index contributed by atoms with van der Waals surface area (Å²) in [4.78, 5) is 2.36. The van der Waals surface area contributed by atoms with E-state index in [1.165, 1.54) is 21.9 Å². The Kier molecular flexibility index (Phi) is 5.82. The van der Waals surface area contributed by atoms with Crippen molar-refractivity contribution in [1.82, 2.24) is 0 Å². The standard InChI is InChI=1S/C40H27NO/c1-2-12-29(13-3-1)34-15-6-8-19-38(34)41(33-26-21-28-11-4-5-14-31(28)27-33)32-24-22-30(23-25-32)35-17-10-18-37-36-16-7-9-20-39(36)42-40(35)37/h1-27H. The second-order valence-electron chi connectivity index (χ2n) is 10.6. The van der Waals surface area contributed by atoms with Crippen molar-refractivity contribution >= 4 is 49.8 Å². The number of furan rings is 1. The molecule has 0 bridgehead atoms. The smallest absolute Gasteiger partial charge is 0.143 e. The molecule has 2 heteroatoms. The average molecular weight is 538 g/mol. The maximum absolute atomic E-state index is 6.35. The van der Waals surface area contributed by atoms with Gasteiger partial charge in [-0.1, -0.05) is 127 Å². The highest BCUT2D eigenvalue weighted by atomic mass is 16.3. The summed E-state index contributed by atoms with van der Waals surface area (Å²) in [6, 6.07) is 58.0. The lowest BCUT2D eigenvalue weighted by atomic mass is 10.00. The molecule has 1 aromatic heterocycles. The SMILES string of the molecule is c1ccc(-c2ccccc2N(c2ccc(-c3cccc4c3oc3ccccc34)cc2)c2ccc3ccccc3c2)cc1. The van der Waals surface area contributed by atoms with Gasteiger partial charge in [-0.15, -0.1) is 0 Å². The first-order valence-electron chi connectivity index (χ1n) is 14.3. The molecule has 0 aliphatic heterocycles. The van der Waals surface area contributed by atoms with Crippen LogP contribution in [0.25, 0.3) is 55.0 Å². The van der Waals surface area contributed by atoms with Crippen molar-refractivity contribution in [3.63, 3.8) is 0 Å². The van der Waals surface area contributed by atoms with E-state index in [4.69, 9.17) is 4.42 Å². The van der Waals surface area contributed by atoms with Gasteiger partial charge in [0.2, 0.25) is 0 Å². The van der Waals surface area contributed by atoms with Gasteiger partial charge < -0.3 is 9.32 Å². The molecule has 0 fully saturated rings. The number of hydrogen-bond acceptors (Lipinski definition) is 2. The molecule has 0 aliphatic carbocycles. The Hall–Kier alpha value is -5.60. The molecule has 1 heterocycles. The van der Waals surface area contributed by atoms with Crippen LogP contribution in [0.2, 0.25) is 0 Å². The van der Waals surface area contributed by atoms with Crippen molar-refractivity contribution < 1.29 is 4.42 Å². The van der Waals surface area contributed by atoms with Gasteiger partial charge in [-0.05, 0) is 58.3 Å². The van der Waals surface area contributed by atoms with E-state index >= 15 is 0 Å². The Balaban J connectivity index is 1.29. The van der Waals surface area contributed by atoms with Crippen LogP contribution in [-0.2, 0) is 0 Å². The van der Waals surface area contributed by atoms with Crippen LogP contribution in [0.3, 0.4) is 0 Å². The van der Waals surface area contributed by atoms with E-state index in [-0.39, 0.29) is 0 Å². The fourth-order valence-electron chi connectivity index (χ4n) is 6.04. The Morgan fingerprint density at radius 1 is 0.405 bits per heavy atom. The van der Waals surface area contributed by atoms with E-state index < -0.39 is 0 Å². The van der Waals surface area contributed by atoms with Crippen LogP contribution in [0.1, 0.15) is 0 Å². The van der Waals surface area contributed by atoms with Gasteiger partial charge in [0.1, 0.15) is 11.2 Å². The Labute approximate surface area is 244 Å². The highest BCUT2D eigenvalue weighted by Crippen LogP contribution is 2.42. The van der Waals surface area contributed by atoms with Gasteiger partial charge in [-0.3, -0.25) is 0 Å². The minimum atomic E-state index is 0.913. The first-order valence-corrected chi connectivity index (χ1v) is 14.3. The van der Waals surface area contributed by atoms with Crippen LogP contribution in [0.5, 0.6) is 0 Å². The molecular formula is C40H27NO. The van der Waals surface area contributed by atoms with Crippen LogP contribution in [0.15, 0.2) is 168 Å². The second kappa shape index (κ2) is 10.1. The minimum Gasteiger partial charge on any atom is -0.455 e. The van der Waals surface area contributed by atoms with Crippen LogP contribution in [-0.4, -0.2) is 0 Å². The average Bonchev–Trinajstić information content (AvgIpc) is 3.45. The van der Waals surface area contributed by atoms with E-state index in [1.807, 2.05) is 12.1 Å². The van der Waals surface area contributed by atoms with Crippen molar-refractivity contribution in [1.29, 1.82) is 0 Å². The summed E-state index contributed by atoms with van der Waals surface area (Å²) in [5, 5.41) is 4.73. The molecule has 42 heavy (non-hydrogen) atoms. The van der Waals surface area contributed by atoms with E-state index in [2.05, 4.69) is 157 Å². The van der Waals surface area contributed by atoms with Gasteiger partial charge in [0.15, 0.2) is 0 Å². The Morgan fingerprint density at radius 2 is 1.05 bits per heavy atom. The highest BCUT2D eigenvalue weighted by molar-refractivity contribution is 6.09. The third kappa shape index (κ3) is 4.13. The molecular weight excluding hydrogens is 510 g/mol. The van der Waals surface area contributed by atoms with Crippen molar-refractivity contribution in [3.05, 3.63) is 164 Å². The maximum atomic E-state index is 6.35.